The zero-order valence-corrected chi connectivity index (χ0v) is 3.59. The Kier molecular flexibility index (Phi) is 2.42. The van der Waals surface area contributed by atoms with Gasteiger partial charge in [0.2, 0.25) is 0 Å². The number of hydrogen-bond donors (Lipinski definition) is 3. The summed E-state index contributed by atoms with van der Waals surface area (Å²) in [4.78, 5) is 9.00. The molecule has 0 fully saturated rings. The molecule has 0 spiro atoms. The molecule has 0 unspecified atom stereocenters. The van der Waals surface area contributed by atoms with Gasteiger partial charge in [0.25, 0.3) is 0 Å². The Morgan fingerprint density at radius 3 is 1.86 bits per heavy atom. The van der Waals surface area contributed by atoms with Gasteiger partial charge in [-0.25, -0.2) is 4.79 Å². The first-order chi connectivity index (χ1) is 3.23. The van der Waals surface area contributed by atoms with Crippen LogP contribution in [-0.4, -0.2) is 12.4 Å². The van der Waals surface area contributed by atoms with Crippen LogP contribution in [0.15, 0.2) is 5.10 Å². The van der Waals surface area contributed by atoms with Crippen LogP contribution < -0.4 is 16.9 Å². The second kappa shape index (κ2) is 2.95. The molecule has 5 heteroatoms. The van der Waals surface area contributed by atoms with Crippen molar-refractivity contribution in [2.45, 2.75) is 0 Å². The van der Waals surface area contributed by atoms with E-state index in [1.807, 2.05) is 0 Å². The first-order valence-electron chi connectivity index (χ1n) is 1.55. The lowest BCUT2D eigenvalue weighted by atomic mass is 11.2. The van der Waals surface area contributed by atoms with Crippen molar-refractivity contribution in [2.75, 3.05) is 0 Å². The summed E-state index contributed by atoms with van der Waals surface area (Å²) in [5.74, 6) is 0. The molecule has 0 saturated carbocycles. The van der Waals surface area contributed by atoms with E-state index in [0.29, 0.717) is 0 Å². The Morgan fingerprint density at radius 2 is 1.86 bits per heavy atom. The molecule has 0 bridgehead atoms. The fraction of sp³-hybridized carbons (Fsp3) is 0. The number of amides is 2. The highest BCUT2D eigenvalue weighted by Gasteiger charge is 1.71. The lowest BCUT2D eigenvalue weighted by molar-refractivity contribution is 0.256. The number of carbonyl (C=O) groups excluding carboxylic acids is 1. The molecule has 1 rings (SSSR count). The number of hydrogen-bond acceptors (Lipinski definition) is 3. The lowest BCUT2D eigenvalue weighted by Crippen LogP contribution is -2.18. The Balaban J connectivity index is 0.000000105. The van der Waals surface area contributed by atoms with Crippen LogP contribution in [0.25, 0.3) is 0 Å². The van der Waals surface area contributed by atoms with Crippen molar-refractivity contribution in [3.63, 3.8) is 0 Å². The molecule has 0 aromatic rings. The molecule has 0 saturated heterocycles. The molecule has 5 nitrogen and oxygen atoms in total. The third-order valence-electron chi connectivity index (χ3n) is 0.129. The summed E-state index contributed by atoms with van der Waals surface area (Å²) in [7, 11) is 0. The summed E-state index contributed by atoms with van der Waals surface area (Å²) in [5.41, 5.74) is 11.0. The topological polar surface area (TPSA) is 103 Å². The summed E-state index contributed by atoms with van der Waals surface area (Å²) in [6.45, 7) is 0. The van der Waals surface area contributed by atoms with Crippen molar-refractivity contribution >= 4 is 12.4 Å². The summed E-state index contributed by atoms with van der Waals surface area (Å²) in [5, 5.41) is 3.38. The molecule has 0 aromatic carbocycles. The van der Waals surface area contributed by atoms with Crippen molar-refractivity contribution in [3.05, 3.63) is 0 Å². The molecule has 0 atom stereocenters. The fourth-order valence-electron chi connectivity index (χ4n) is 0. The second-order valence-electron chi connectivity index (χ2n) is 0.790. The minimum Gasteiger partial charge on any atom is -0.352 e. The molecule has 0 aromatic heterocycles. The Labute approximate surface area is 40.4 Å². The lowest BCUT2D eigenvalue weighted by Gasteiger charge is -1.62. The van der Waals surface area contributed by atoms with Crippen molar-refractivity contribution in [1.29, 1.82) is 0 Å². The third kappa shape index (κ3) is 526. The average Bonchev–Trinajstić information content (AvgIpc) is 2.02. The van der Waals surface area contributed by atoms with Crippen LogP contribution >= 0.6 is 0 Å². The molecule has 7 heavy (non-hydrogen) atoms. The van der Waals surface area contributed by atoms with Gasteiger partial charge >= 0.3 is 6.03 Å². The zero-order valence-electron chi connectivity index (χ0n) is 3.59. The number of primary amides is 2. The Hall–Kier alpha value is -1.26. The molecular formula is C2H6N4O. The van der Waals surface area contributed by atoms with Gasteiger partial charge in [0, 0.05) is 0 Å². The zero-order chi connectivity index (χ0) is 5.70. The quantitative estimate of drug-likeness (QED) is 0.348. The highest BCUT2D eigenvalue weighted by atomic mass is 16.2. The maximum absolute atomic E-state index is 9.00. The summed E-state index contributed by atoms with van der Waals surface area (Å²) in [6.07, 6.45) is 1.62. The van der Waals surface area contributed by atoms with Crippen LogP contribution in [0.1, 0.15) is 0 Å². The van der Waals surface area contributed by atoms with E-state index >= 15 is 0 Å². The number of nitrogens with two attached hydrogens (primary N) is 2. The highest BCUT2D eigenvalue weighted by molar-refractivity contribution is 5.69. The predicted molar refractivity (Wildman–Crippen MR) is 25.4 cm³/mol. The van der Waals surface area contributed by atoms with Crippen LogP contribution in [0.3, 0.4) is 0 Å². The number of hydrazone groups is 1. The van der Waals surface area contributed by atoms with Gasteiger partial charge in [-0.15, -0.1) is 0 Å². The van der Waals surface area contributed by atoms with E-state index in [1.165, 1.54) is 0 Å². The average molecular weight is 102 g/mol. The van der Waals surface area contributed by atoms with E-state index in [4.69, 9.17) is 4.79 Å². The van der Waals surface area contributed by atoms with Crippen LogP contribution in [0, 0.1) is 0 Å². The molecule has 1 heterocycles. The van der Waals surface area contributed by atoms with Crippen molar-refractivity contribution in [1.82, 2.24) is 5.43 Å². The van der Waals surface area contributed by atoms with E-state index in [2.05, 4.69) is 22.0 Å². The van der Waals surface area contributed by atoms with Gasteiger partial charge in [-0.2, -0.15) is 5.10 Å². The van der Waals surface area contributed by atoms with Crippen LogP contribution in [-0.2, 0) is 0 Å². The van der Waals surface area contributed by atoms with Gasteiger partial charge in [0.15, 0.2) is 0 Å². The molecule has 0 aliphatic carbocycles. The summed E-state index contributed by atoms with van der Waals surface area (Å²) >= 11 is 0. The maximum Gasteiger partial charge on any atom is 0.309 e. The standard InChI is InChI=1S/CH4N2O.CH2N2/c2-1(3)4;1-2-3-1/h(H4,2,3,4);1H,(H,2,3). The van der Waals surface area contributed by atoms with Gasteiger partial charge in [0.05, 0.1) is 0 Å². The van der Waals surface area contributed by atoms with Crippen molar-refractivity contribution in [3.8, 4) is 0 Å². The number of urea groups is 1. The molecule has 0 radical (unpaired) electrons. The predicted octanol–water partition coefficient (Wildman–Crippen LogP) is -1.44. The van der Waals surface area contributed by atoms with Gasteiger partial charge in [0.1, 0.15) is 6.34 Å². The smallest absolute Gasteiger partial charge is 0.309 e. The first-order valence-corrected chi connectivity index (χ1v) is 1.55. The van der Waals surface area contributed by atoms with Gasteiger partial charge in [-0.3, -0.25) is 5.43 Å². The Bertz CT molecular complexity index is 79.7. The van der Waals surface area contributed by atoms with E-state index in [1.54, 1.807) is 6.34 Å². The molecule has 1 aliphatic rings. The van der Waals surface area contributed by atoms with E-state index in [0.717, 1.165) is 0 Å². The van der Waals surface area contributed by atoms with Crippen LogP contribution in [0.4, 0.5) is 4.79 Å². The molecule has 1 aliphatic heterocycles. The number of nitrogens with one attached hydrogen (secondary N) is 1. The first kappa shape index (κ1) is 5.74. The fourth-order valence-corrected chi connectivity index (χ4v) is 0. The largest absolute Gasteiger partial charge is 0.352 e. The minimum atomic E-state index is -0.833. The molecule has 40 valence electrons. The maximum atomic E-state index is 9.00. The van der Waals surface area contributed by atoms with Crippen molar-refractivity contribution < 1.29 is 4.79 Å². The van der Waals surface area contributed by atoms with E-state index in [-0.39, 0.29) is 0 Å². The van der Waals surface area contributed by atoms with E-state index < -0.39 is 6.03 Å². The normalized spacial score (nSPS) is 10.3. The Morgan fingerprint density at radius 1 is 1.71 bits per heavy atom. The SMILES string of the molecule is C1=NN1.NC(N)=O. The minimum absolute atomic E-state index is 0.833. The van der Waals surface area contributed by atoms with Crippen LogP contribution in [0.5, 0.6) is 0 Å². The molecular weight excluding hydrogens is 96.0 g/mol. The van der Waals surface area contributed by atoms with Gasteiger partial charge in [-0.05, 0) is 0 Å². The number of nitrogens with zero attached hydrogens (tertiary/aromatic N) is 1. The monoisotopic (exact) mass is 102 g/mol. The van der Waals surface area contributed by atoms with Gasteiger partial charge in [-0.1, -0.05) is 0 Å². The highest BCUT2D eigenvalue weighted by Crippen LogP contribution is 1.56. The van der Waals surface area contributed by atoms with E-state index in [9.17, 15) is 0 Å². The summed E-state index contributed by atoms with van der Waals surface area (Å²) in [6, 6.07) is -0.833. The third-order valence-corrected chi connectivity index (χ3v) is 0.129. The number of carbonyl (C=O) groups is 1. The molecule has 2 amide bonds. The number of rotatable bonds is 0. The second-order valence-corrected chi connectivity index (χ2v) is 0.790. The summed E-state index contributed by atoms with van der Waals surface area (Å²) < 4.78 is 0. The molecule has 5 N–H and O–H groups in total. The van der Waals surface area contributed by atoms with Crippen LogP contribution in [0.2, 0.25) is 0 Å². The van der Waals surface area contributed by atoms with Crippen molar-refractivity contribution in [2.24, 2.45) is 16.6 Å². The van der Waals surface area contributed by atoms with Gasteiger partial charge < -0.3 is 11.5 Å².